The average molecular weight is 383 g/mol. The van der Waals surface area contributed by atoms with Gasteiger partial charge < -0.3 is 10.1 Å². The van der Waals surface area contributed by atoms with Crippen LogP contribution in [-0.2, 0) is 27.7 Å². The highest BCUT2D eigenvalue weighted by atomic mass is 32.2. The first-order valence-electron chi connectivity index (χ1n) is 7.43. The van der Waals surface area contributed by atoms with Crippen molar-refractivity contribution < 1.29 is 13.2 Å². The molecule has 0 aliphatic carbocycles. The van der Waals surface area contributed by atoms with Gasteiger partial charge in [-0.15, -0.1) is 11.3 Å². The van der Waals surface area contributed by atoms with Gasteiger partial charge in [-0.1, -0.05) is 12.1 Å². The molecule has 0 radical (unpaired) electrons. The van der Waals surface area contributed by atoms with Gasteiger partial charge in [0.05, 0.1) is 12.8 Å². The maximum atomic E-state index is 12.2. The predicted octanol–water partition coefficient (Wildman–Crippen LogP) is 3.37. The molecule has 5 nitrogen and oxygen atoms in total. The topological polar surface area (TPSA) is 58.6 Å². The number of nitrogens with one attached hydrogen (secondary N) is 1. The largest absolute Gasteiger partial charge is 0.467 e. The Hall–Kier alpha value is -1.64. The lowest BCUT2D eigenvalue weighted by atomic mass is 10.0. The van der Waals surface area contributed by atoms with Crippen molar-refractivity contribution >= 4 is 49.4 Å². The van der Waals surface area contributed by atoms with Crippen molar-refractivity contribution in [3.63, 3.8) is 0 Å². The number of hydrogen-bond donors (Lipinski definition) is 1. The standard InChI is InChI=1S/C16H18N2O3S3/c1-11-8-13-9-12(5-6-14(13)17-16(22)21-11)10-18(24(2,19)20)15-4-3-7-23-15/h3-7,9,11H,8,10H2,1-2H3,(H,17,22). The van der Waals surface area contributed by atoms with Crippen LogP contribution in [0.3, 0.4) is 0 Å². The Labute approximate surface area is 151 Å². The van der Waals surface area contributed by atoms with Crippen molar-refractivity contribution in [3.8, 4) is 0 Å². The number of hydrogen-bond acceptors (Lipinski definition) is 5. The normalized spacial score (nSPS) is 17.4. The van der Waals surface area contributed by atoms with Gasteiger partial charge in [0.1, 0.15) is 11.1 Å². The number of anilines is 2. The predicted molar refractivity (Wildman–Crippen MR) is 102 cm³/mol. The Morgan fingerprint density at radius 3 is 2.88 bits per heavy atom. The molecule has 24 heavy (non-hydrogen) atoms. The molecule has 1 unspecified atom stereocenters. The molecule has 0 saturated heterocycles. The summed E-state index contributed by atoms with van der Waals surface area (Å²) in [5.74, 6) is 0. The van der Waals surface area contributed by atoms with Crippen LogP contribution < -0.4 is 9.62 Å². The number of benzene rings is 1. The quantitative estimate of drug-likeness (QED) is 0.822. The van der Waals surface area contributed by atoms with Crippen LogP contribution in [0.15, 0.2) is 35.7 Å². The third-order valence-corrected chi connectivity index (χ3v) is 6.03. The second-order valence-corrected chi connectivity index (χ2v) is 8.96. The second kappa shape index (κ2) is 6.70. The van der Waals surface area contributed by atoms with E-state index >= 15 is 0 Å². The third kappa shape index (κ3) is 3.88. The van der Waals surface area contributed by atoms with E-state index in [1.165, 1.54) is 21.9 Å². The van der Waals surface area contributed by atoms with E-state index < -0.39 is 10.0 Å². The first-order chi connectivity index (χ1) is 11.3. The number of thiophene rings is 1. The molecule has 128 valence electrons. The monoisotopic (exact) mass is 382 g/mol. The van der Waals surface area contributed by atoms with Crippen LogP contribution in [0.2, 0.25) is 0 Å². The summed E-state index contributed by atoms with van der Waals surface area (Å²) in [5.41, 5.74) is 2.91. The Morgan fingerprint density at radius 1 is 1.42 bits per heavy atom. The highest BCUT2D eigenvalue weighted by Crippen LogP contribution is 2.28. The van der Waals surface area contributed by atoms with E-state index in [0.29, 0.717) is 23.1 Å². The van der Waals surface area contributed by atoms with Crippen LogP contribution in [0.25, 0.3) is 0 Å². The molecular weight excluding hydrogens is 364 g/mol. The number of rotatable bonds is 4. The van der Waals surface area contributed by atoms with Crippen LogP contribution in [0.4, 0.5) is 10.7 Å². The molecule has 1 aromatic carbocycles. The van der Waals surface area contributed by atoms with Gasteiger partial charge in [-0.25, -0.2) is 8.42 Å². The number of nitrogens with zero attached hydrogens (tertiary/aromatic N) is 1. The summed E-state index contributed by atoms with van der Waals surface area (Å²) in [6.07, 6.45) is 1.92. The van der Waals surface area contributed by atoms with Crippen molar-refractivity contribution in [2.75, 3.05) is 15.9 Å². The van der Waals surface area contributed by atoms with E-state index in [9.17, 15) is 8.42 Å². The highest BCUT2D eigenvalue weighted by molar-refractivity contribution is 7.92. The maximum Gasteiger partial charge on any atom is 0.261 e. The van der Waals surface area contributed by atoms with Crippen LogP contribution in [0, 0.1) is 0 Å². The van der Waals surface area contributed by atoms with E-state index in [1.54, 1.807) is 0 Å². The fourth-order valence-electron chi connectivity index (χ4n) is 2.65. The molecule has 2 aromatic rings. The molecule has 1 aliphatic heterocycles. The molecule has 1 aromatic heterocycles. The molecular formula is C16H18N2O3S3. The molecule has 0 spiro atoms. The first-order valence-corrected chi connectivity index (χ1v) is 10.6. The molecule has 0 amide bonds. The summed E-state index contributed by atoms with van der Waals surface area (Å²) in [6, 6.07) is 9.51. The van der Waals surface area contributed by atoms with Gasteiger partial charge in [-0.3, -0.25) is 4.31 Å². The zero-order chi connectivity index (χ0) is 17.3. The first kappa shape index (κ1) is 17.2. The number of thiocarbonyl (C=S) groups is 1. The average Bonchev–Trinajstić information content (AvgIpc) is 2.94. The van der Waals surface area contributed by atoms with Gasteiger partial charge >= 0.3 is 0 Å². The molecule has 1 N–H and O–H groups in total. The van der Waals surface area contributed by atoms with Crippen molar-refractivity contribution in [1.29, 1.82) is 0 Å². The Kier molecular flexibility index (Phi) is 4.80. The fourth-order valence-corrected chi connectivity index (χ4v) is 4.86. The molecule has 8 heteroatoms. The minimum Gasteiger partial charge on any atom is -0.467 e. The van der Waals surface area contributed by atoms with Crippen LogP contribution >= 0.6 is 23.6 Å². The van der Waals surface area contributed by atoms with Crippen molar-refractivity contribution in [1.82, 2.24) is 0 Å². The zero-order valence-corrected chi connectivity index (χ0v) is 15.8. The molecule has 2 heterocycles. The Morgan fingerprint density at radius 2 is 2.21 bits per heavy atom. The minimum atomic E-state index is -3.35. The third-order valence-electron chi connectivity index (χ3n) is 3.70. The highest BCUT2D eigenvalue weighted by Gasteiger charge is 2.21. The summed E-state index contributed by atoms with van der Waals surface area (Å²) in [4.78, 5) is 0. The van der Waals surface area contributed by atoms with Gasteiger partial charge in [-0.2, -0.15) is 0 Å². The smallest absolute Gasteiger partial charge is 0.261 e. The van der Waals surface area contributed by atoms with E-state index in [-0.39, 0.29) is 6.10 Å². The maximum absolute atomic E-state index is 12.2. The lowest BCUT2D eigenvalue weighted by Gasteiger charge is -2.21. The van der Waals surface area contributed by atoms with Crippen molar-refractivity contribution in [2.45, 2.75) is 26.0 Å². The molecule has 0 saturated carbocycles. The lowest BCUT2D eigenvalue weighted by molar-refractivity contribution is 0.217. The van der Waals surface area contributed by atoms with Crippen molar-refractivity contribution in [2.24, 2.45) is 0 Å². The summed E-state index contributed by atoms with van der Waals surface area (Å²) >= 11 is 6.54. The summed E-state index contributed by atoms with van der Waals surface area (Å²) in [6.45, 7) is 2.26. The van der Waals surface area contributed by atoms with Gasteiger partial charge in [0.15, 0.2) is 0 Å². The summed E-state index contributed by atoms with van der Waals surface area (Å²) in [5, 5.41) is 6.02. The van der Waals surface area contributed by atoms with Crippen molar-refractivity contribution in [3.05, 3.63) is 46.8 Å². The van der Waals surface area contributed by atoms with Crippen LogP contribution in [0.5, 0.6) is 0 Å². The van der Waals surface area contributed by atoms with Gasteiger partial charge in [0, 0.05) is 12.1 Å². The van der Waals surface area contributed by atoms with E-state index in [2.05, 4.69) is 5.32 Å². The van der Waals surface area contributed by atoms with Crippen LogP contribution in [0.1, 0.15) is 18.1 Å². The van der Waals surface area contributed by atoms with Gasteiger partial charge in [0.25, 0.3) is 5.17 Å². The second-order valence-electron chi connectivity index (χ2n) is 5.76. The van der Waals surface area contributed by atoms with Gasteiger partial charge in [-0.05, 0) is 53.8 Å². The number of sulfonamides is 1. The van der Waals surface area contributed by atoms with E-state index in [4.69, 9.17) is 17.0 Å². The zero-order valence-electron chi connectivity index (χ0n) is 13.4. The Balaban J connectivity index is 1.91. The minimum absolute atomic E-state index is 0.0233. The Bertz CT molecular complexity index is 847. The molecule has 0 bridgehead atoms. The fraction of sp³-hybridized carbons (Fsp3) is 0.312. The lowest BCUT2D eigenvalue weighted by Crippen LogP contribution is -2.28. The number of ether oxygens (including phenoxy) is 1. The SMILES string of the molecule is CC1Cc2cc(CN(c3cccs3)S(C)(=O)=O)ccc2NC(=S)O1. The van der Waals surface area contributed by atoms with Gasteiger partial charge in [0.2, 0.25) is 10.0 Å². The molecule has 0 fully saturated rings. The summed E-state index contributed by atoms with van der Waals surface area (Å²) in [7, 11) is -3.35. The molecule has 1 aliphatic rings. The number of fused-ring (bicyclic) bond motifs is 1. The molecule has 1 atom stereocenters. The summed E-state index contributed by atoms with van der Waals surface area (Å²) < 4.78 is 31.3. The van der Waals surface area contributed by atoms with E-state index in [0.717, 1.165) is 16.8 Å². The molecule has 3 rings (SSSR count). The van der Waals surface area contributed by atoms with Crippen LogP contribution in [-0.4, -0.2) is 26.0 Å². The van der Waals surface area contributed by atoms with E-state index in [1.807, 2.05) is 42.6 Å².